The van der Waals surface area contributed by atoms with E-state index in [-0.39, 0.29) is 23.6 Å². The van der Waals surface area contributed by atoms with Gasteiger partial charge in [-0.2, -0.15) is 0 Å². The lowest BCUT2D eigenvalue weighted by Gasteiger charge is -2.17. The zero-order valence-electron chi connectivity index (χ0n) is 16.2. The molecule has 0 aliphatic heterocycles. The van der Waals surface area contributed by atoms with Crippen molar-refractivity contribution in [3.05, 3.63) is 93.8 Å². The first-order chi connectivity index (χ1) is 14.1. The van der Waals surface area contributed by atoms with Gasteiger partial charge < -0.3 is 15.4 Å². The zero-order chi connectivity index (χ0) is 20.6. The smallest absolute Gasteiger partial charge is 0.268 e. The van der Waals surface area contributed by atoms with Crippen LogP contribution in [0.3, 0.4) is 0 Å². The molecule has 0 saturated carbocycles. The summed E-state index contributed by atoms with van der Waals surface area (Å²) in [5, 5.41) is 7.61. The van der Waals surface area contributed by atoms with Crippen molar-refractivity contribution < 1.29 is 14.3 Å². The Balaban J connectivity index is 1.77. The Morgan fingerprint density at radius 2 is 1.72 bits per heavy atom. The number of hydrogen-bond acceptors (Lipinski definition) is 4. The molecule has 3 rings (SSSR count). The SMILES string of the molecule is COc1ccc([C@@H](C)NC(=O)/C(=C/c2cccs2)NC(=O)c2ccccc2)cc1. The summed E-state index contributed by atoms with van der Waals surface area (Å²) in [6.45, 7) is 1.89. The van der Waals surface area contributed by atoms with Gasteiger partial charge in [-0.15, -0.1) is 11.3 Å². The molecular weight excluding hydrogens is 384 g/mol. The van der Waals surface area contributed by atoms with Gasteiger partial charge in [0.1, 0.15) is 11.4 Å². The Hall–Kier alpha value is -3.38. The van der Waals surface area contributed by atoms with E-state index in [0.717, 1.165) is 16.2 Å². The number of benzene rings is 2. The van der Waals surface area contributed by atoms with Gasteiger partial charge in [0.05, 0.1) is 13.2 Å². The third kappa shape index (κ3) is 5.56. The van der Waals surface area contributed by atoms with Crippen molar-refractivity contribution in [1.82, 2.24) is 10.6 Å². The van der Waals surface area contributed by atoms with E-state index in [1.807, 2.05) is 54.8 Å². The summed E-state index contributed by atoms with van der Waals surface area (Å²) in [5.74, 6) is 0.0623. The van der Waals surface area contributed by atoms with Crippen molar-refractivity contribution in [2.24, 2.45) is 0 Å². The lowest BCUT2D eigenvalue weighted by molar-refractivity contribution is -0.118. The third-order valence-corrected chi connectivity index (χ3v) is 5.14. The lowest BCUT2D eigenvalue weighted by Crippen LogP contribution is -2.36. The number of nitrogens with one attached hydrogen (secondary N) is 2. The summed E-state index contributed by atoms with van der Waals surface area (Å²) in [4.78, 5) is 26.4. The molecule has 0 saturated heterocycles. The number of ether oxygens (including phenoxy) is 1. The average Bonchev–Trinajstić information content (AvgIpc) is 3.27. The van der Waals surface area contributed by atoms with Crippen LogP contribution in [-0.2, 0) is 4.79 Å². The number of carbonyl (C=O) groups excluding carboxylic acids is 2. The molecule has 0 aliphatic carbocycles. The Morgan fingerprint density at radius 3 is 2.34 bits per heavy atom. The van der Waals surface area contributed by atoms with E-state index >= 15 is 0 Å². The average molecular weight is 407 g/mol. The molecule has 0 aliphatic rings. The minimum Gasteiger partial charge on any atom is -0.497 e. The van der Waals surface area contributed by atoms with Crippen LogP contribution in [0.25, 0.3) is 6.08 Å². The summed E-state index contributed by atoms with van der Waals surface area (Å²) in [6, 6.07) is 19.8. The molecule has 0 spiro atoms. The highest BCUT2D eigenvalue weighted by molar-refractivity contribution is 7.10. The van der Waals surface area contributed by atoms with Crippen LogP contribution in [0.15, 0.2) is 77.8 Å². The normalized spacial score (nSPS) is 12.1. The molecule has 0 radical (unpaired) electrons. The minimum atomic E-state index is -0.356. The maximum Gasteiger partial charge on any atom is 0.268 e. The number of rotatable bonds is 7. The molecule has 0 bridgehead atoms. The van der Waals surface area contributed by atoms with Crippen LogP contribution in [-0.4, -0.2) is 18.9 Å². The van der Waals surface area contributed by atoms with Crippen molar-refractivity contribution >= 4 is 29.2 Å². The summed E-state index contributed by atoms with van der Waals surface area (Å²) in [5.41, 5.74) is 1.62. The highest BCUT2D eigenvalue weighted by atomic mass is 32.1. The van der Waals surface area contributed by atoms with Gasteiger partial charge in [0.2, 0.25) is 0 Å². The Bertz CT molecular complexity index is 981. The second kappa shape index (κ2) is 9.71. The molecule has 2 amide bonds. The van der Waals surface area contributed by atoms with Crippen molar-refractivity contribution in [2.45, 2.75) is 13.0 Å². The molecule has 3 aromatic rings. The van der Waals surface area contributed by atoms with Crippen LogP contribution in [0.1, 0.15) is 33.8 Å². The molecule has 148 valence electrons. The van der Waals surface area contributed by atoms with Crippen molar-refractivity contribution in [2.75, 3.05) is 7.11 Å². The maximum absolute atomic E-state index is 12.9. The fourth-order valence-electron chi connectivity index (χ4n) is 2.71. The summed E-state index contributed by atoms with van der Waals surface area (Å²) in [7, 11) is 1.61. The highest BCUT2D eigenvalue weighted by Crippen LogP contribution is 2.18. The predicted molar refractivity (Wildman–Crippen MR) is 116 cm³/mol. The number of methoxy groups -OCH3 is 1. The Morgan fingerprint density at radius 1 is 1.00 bits per heavy atom. The summed E-state index contributed by atoms with van der Waals surface area (Å²) in [6.07, 6.45) is 1.68. The first-order valence-corrected chi connectivity index (χ1v) is 10.0. The molecule has 2 aromatic carbocycles. The quantitative estimate of drug-likeness (QED) is 0.571. The molecular formula is C23H22N2O3S. The van der Waals surface area contributed by atoms with Gasteiger partial charge >= 0.3 is 0 Å². The summed E-state index contributed by atoms with van der Waals surface area (Å²) >= 11 is 1.49. The third-order valence-electron chi connectivity index (χ3n) is 4.32. The first-order valence-electron chi connectivity index (χ1n) is 9.13. The van der Waals surface area contributed by atoms with E-state index < -0.39 is 0 Å². The predicted octanol–water partition coefficient (Wildman–Crippen LogP) is 4.41. The lowest BCUT2D eigenvalue weighted by atomic mass is 10.1. The van der Waals surface area contributed by atoms with Gasteiger partial charge in [0.15, 0.2) is 0 Å². The van der Waals surface area contributed by atoms with Crippen molar-refractivity contribution in [3.63, 3.8) is 0 Å². The largest absolute Gasteiger partial charge is 0.497 e. The van der Waals surface area contributed by atoms with E-state index in [1.165, 1.54) is 11.3 Å². The second-order valence-electron chi connectivity index (χ2n) is 6.36. The summed E-state index contributed by atoms with van der Waals surface area (Å²) < 4.78 is 5.17. The second-order valence-corrected chi connectivity index (χ2v) is 7.34. The van der Waals surface area contributed by atoms with Gasteiger partial charge in [0.25, 0.3) is 11.8 Å². The number of carbonyl (C=O) groups is 2. The topological polar surface area (TPSA) is 67.4 Å². The fourth-order valence-corrected chi connectivity index (χ4v) is 3.37. The van der Waals surface area contributed by atoms with Crippen LogP contribution >= 0.6 is 11.3 Å². The Labute approximate surface area is 174 Å². The minimum absolute atomic E-state index is 0.196. The molecule has 5 nitrogen and oxygen atoms in total. The van der Waals surface area contributed by atoms with Gasteiger partial charge in [0, 0.05) is 10.4 Å². The molecule has 0 fully saturated rings. The monoisotopic (exact) mass is 406 g/mol. The van der Waals surface area contributed by atoms with Crippen LogP contribution < -0.4 is 15.4 Å². The first kappa shape index (κ1) is 20.4. The van der Waals surface area contributed by atoms with Gasteiger partial charge in [-0.1, -0.05) is 36.4 Å². The van der Waals surface area contributed by atoms with E-state index in [0.29, 0.717) is 5.56 Å². The molecule has 1 atom stereocenters. The molecule has 6 heteroatoms. The Kier molecular flexibility index (Phi) is 6.81. The van der Waals surface area contributed by atoms with Gasteiger partial charge in [-0.05, 0) is 54.3 Å². The van der Waals surface area contributed by atoms with Crippen LogP contribution in [0, 0.1) is 0 Å². The van der Waals surface area contributed by atoms with E-state index in [1.54, 1.807) is 37.5 Å². The molecule has 2 N–H and O–H groups in total. The standard InChI is InChI=1S/C23H22N2O3S/c1-16(17-10-12-19(28-2)13-11-17)24-23(27)21(15-20-9-6-14-29-20)25-22(26)18-7-4-3-5-8-18/h3-16H,1-2H3,(H,24,27)(H,25,26)/b21-15-/t16-/m1/s1. The number of thiophene rings is 1. The molecule has 1 heterocycles. The van der Waals surface area contributed by atoms with Crippen molar-refractivity contribution in [1.29, 1.82) is 0 Å². The maximum atomic E-state index is 12.9. The zero-order valence-corrected chi connectivity index (χ0v) is 17.0. The van der Waals surface area contributed by atoms with Crippen LogP contribution in [0.2, 0.25) is 0 Å². The number of amides is 2. The van der Waals surface area contributed by atoms with Gasteiger partial charge in [-0.25, -0.2) is 0 Å². The van der Waals surface area contributed by atoms with Crippen LogP contribution in [0.4, 0.5) is 0 Å². The van der Waals surface area contributed by atoms with Gasteiger partial charge in [-0.3, -0.25) is 9.59 Å². The van der Waals surface area contributed by atoms with Crippen molar-refractivity contribution in [3.8, 4) is 5.75 Å². The fraction of sp³-hybridized carbons (Fsp3) is 0.130. The van der Waals surface area contributed by atoms with E-state index in [2.05, 4.69) is 10.6 Å². The molecule has 0 unspecified atom stereocenters. The molecule has 29 heavy (non-hydrogen) atoms. The van der Waals surface area contributed by atoms with E-state index in [4.69, 9.17) is 4.74 Å². The highest BCUT2D eigenvalue weighted by Gasteiger charge is 2.17. The number of hydrogen-bond donors (Lipinski definition) is 2. The molecule has 1 aromatic heterocycles. The van der Waals surface area contributed by atoms with Crippen LogP contribution in [0.5, 0.6) is 5.75 Å². The van der Waals surface area contributed by atoms with E-state index in [9.17, 15) is 9.59 Å².